The number of methoxy groups -OCH3 is 1. The van der Waals surface area contributed by atoms with Gasteiger partial charge in [-0.2, -0.15) is 5.26 Å². The lowest BCUT2D eigenvalue weighted by Crippen LogP contribution is -2.36. The molecule has 1 aromatic heterocycles. The first-order valence-electron chi connectivity index (χ1n) is 6.04. The highest BCUT2D eigenvalue weighted by Gasteiger charge is 2.18. The molecule has 2 heterocycles. The van der Waals surface area contributed by atoms with Crippen molar-refractivity contribution in [2.75, 3.05) is 38.3 Å². The molecule has 0 radical (unpaired) electrons. The maximum atomic E-state index is 9.03. The van der Waals surface area contributed by atoms with Gasteiger partial charge in [-0.25, -0.2) is 4.98 Å². The summed E-state index contributed by atoms with van der Waals surface area (Å²) in [7, 11) is 1.62. The summed E-state index contributed by atoms with van der Waals surface area (Å²) >= 11 is 1.41. The normalized spacial score (nSPS) is 15.5. The first-order valence-corrected chi connectivity index (χ1v) is 6.85. The van der Waals surface area contributed by atoms with Gasteiger partial charge in [0.15, 0.2) is 5.01 Å². The number of morpholine rings is 1. The summed E-state index contributed by atoms with van der Waals surface area (Å²) in [5, 5.41) is 9.49. The average molecular weight is 275 g/mol. The van der Waals surface area contributed by atoms with Crippen LogP contribution in [-0.2, 0) is 4.74 Å². The summed E-state index contributed by atoms with van der Waals surface area (Å²) < 4.78 is 11.7. The second-order valence-corrected chi connectivity index (χ2v) is 5.19. The molecule has 0 saturated carbocycles. The molecule has 0 unspecified atom stereocenters. The molecule has 0 aliphatic carbocycles. The third-order valence-electron chi connectivity index (χ3n) is 3.15. The Balaban J connectivity index is 2.14. The highest BCUT2D eigenvalue weighted by Crippen LogP contribution is 2.37. The van der Waals surface area contributed by atoms with Gasteiger partial charge >= 0.3 is 0 Å². The van der Waals surface area contributed by atoms with Gasteiger partial charge in [-0.05, 0) is 12.1 Å². The molecule has 0 N–H and O–H groups in total. The molecule has 0 amide bonds. The van der Waals surface area contributed by atoms with Crippen LogP contribution >= 0.6 is 11.3 Å². The van der Waals surface area contributed by atoms with Crippen molar-refractivity contribution < 1.29 is 9.47 Å². The summed E-state index contributed by atoms with van der Waals surface area (Å²) in [5.74, 6) is 0.713. The number of rotatable bonds is 2. The van der Waals surface area contributed by atoms with Gasteiger partial charge in [0, 0.05) is 13.1 Å². The number of benzene rings is 1. The van der Waals surface area contributed by atoms with Crippen molar-refractivity contribution in [3.8, 4) is 11.8 Å². The fourth-order valence-electron chi connectivity index (χ4n) is 2.24. The summed E-state index contributed by atoms with van der Waals surface area (Å²) in [4.78, 5) is 6.60. The standard InChI is InChI=1S/C13H13N3O2S/c1-17-10-3-2-9(16-4-6-18-7-5-16)13-12(10)15-11(8-14)19-13/h2-3H,4-7H2,1H3. The van der Waals surface area contributed by atoms with Crippen LogP contribution in [-0.4, -0.2) is 38.4 Å². The molecule has 5 nitrogen and oxygen atoms in total. The van der Waals surface area contributed by atoms with E-state index in [0.717, 1.165) is 42.2 Å². The summed E-state index contributed by atoms with van der Waals surface area (Å²) in [6.45, 7) is 3.19. The van der Waals surface area contributed by atoms with Crippen LogP contribution in [0.5, 0.6) is 5.75 Å². The number of hydrogen-bond acceptors (Lipinski definition) is 6. The van der Waals surface area contributed by atoms with Crippen molar-refractivity contribution in [3.63, 3.8) is 0 Å². The van der Waals surface area contributed by atoms with E-state index >= 15 is 0 Å². The quantitative estimate of drug-likeness (QED) is 0.839. The number of ether oxygens (including phenoxy) is 2. The van der Waals surface area contributed by atoms with Crippen LogP contribution in [0.15, 0.2) is 12.1 Å². The maximum absolute atomic E-state index is 9.03. The number of hydrogen-bond donors (Lipinski definition) is 0. The maximum Gasteiger partial charge on any atom is 0.195 e. The van der Waals surface area contributed by atoms with E-state index in [1.165, 1.54) is 11.3 Å². The third-order valence-corrected chi connectivity index (χ3v) is 4.14. The first kappa shape index (κ1) is 12.2. The minimum atomic E-state index is 0.467. The summed E-state index contributed by atoms with van der Waals surface area (Å²) in [6, 6.07) is 6.05. The lowest BCUT2D eigenvalue weighted by Gasteiger charge is -2.29. The van der Waals surface area contributed by atoms with Gasteiger partial charge in [-0.1, -0.05) is 0 Å². The highest BCUT2D eigenvalue weighted by atomic mass is 32.1. The zero-order valence-electron chi connectivity index (χ0n) is 10.5. The van der Waals surface area contributed by atoms with Crippen LogP contribution in [0.4, 0.5) is 5.69 Å². The molecule has 6 heteroatoms. The number of aromatic nitrogens is 1. The largest absolute Gasteiger partial charge is 0.494 e. The second-order valence-electron chi connectivity index (χ2n) is 4.19. The van der Waals surface area contributed by atoms with E-state index in [0.29, 0.717) is 10.8 Å². The molecule has 3 rings (SSSR count). The Kier molecular flexibility index (Phi) is 3.23. The molecule has 1 aliphatic rings. The number of anilines is 1. The smallest absolute Gasteiger partial charge is 0.195 e. The van der Waals surface area contributed by atoms with Crippen molar-refractivity contribution in [2.24, 2.45) is 0 Å². The van der Waals surface area contributed by atoms with Gasteiger partial charge in [0.2, 0.25) is 0 Å². The molecule has 1 aromatic carbocycles. The minimum Gasteiger partial charge on any atom is -0.494 e. The molecule has 98 valence electrons. The van der Waals surface area contributed by atoms with Crippen LogP contribution in [0.25, 0.3) is 10.2 Å². The zero-order chi connectivity index (χ0) is 13.2. The number of nitrogens with zero attached hydrogens (tertiary/aromatic N) is 3. The van der Waals surface area contributed by atoms with E-state index in [-0.39, 0.29) is 0 Å². The number of nitriles is 1. The van der Waals surface area contributed by atoms with Gasteiger partial charge in [0.1, 0.15) is 17.3 Å². The zero-order valence-corrected chi connectivity index (χ0v) is 11.4. The van der Waals surface area contributed by atoms with E-state index in [2.05, 4.69) is 16.0 Å². The Hall–Kier alpha value is -1.84. The monoisotopic (exact) mass is 275 g/mol. The molecular formula is C13H13N3O2S. The predicted octanol–water partition coefficient (Wildman–Crippen LogP) is 2.01. The van der Waals surface area contributed by atoms with E-state index < -0.39 is 0 Å². The van der Waals surface area contributed by atoms with Gasteiger partial charge < -0.3 is 14.4 Å². The Morgan fingerprint density at radius 3 is 2.89 bits per heavy atom. The molecular weight excluding hydrogens is 262 g/mol. The van der Waals surface area contributed by atoms with Crippen molar-refractivity contribution in [3.05, 3.63) is 17.1 Å². The van der Waals surface area contributed by atoms with Crippen molar-refractivity contribution in [1.29, 1.82) is 5.26 Å². The molecule has 1 saturated heterocycles. The van der Waals surface area contributed by atoms with E-state index in [4.69, 9.17) is 14.7 Å². The van der Waals surface area contributed by atoms with Crippen molar-refractivity contribution in [2.45, 2.75) is 0 Å². The number of fused-ring (bicyclic) bond motifs is 1. The molecule has 0 spiro atoms. The Morgan fingerprint density at radius 2 is 2.21 bits per heavy atom. The fraction of sp³-hybridized carbons (Fsp3) is 0.385. The third kappa shape index (κ3) is 2.11. The molecule has 2 aromatic rings. The van der Waals surface area contributed by atoms with Crippen molar-refractivity contribution >= 4 is 27.2 Å². The summed E-state index contributed by atoms with van der Waals surface area (Å²) in [5.41, 5.74) is 1.88. The van der Waals surface area contributed by atoms with Gasteiger partial charge in [0.05, 0.1) is 30.7 Å². The lowest BCUT2D eigenvalue weighted by atomic mass is 10.2. The first-order chi connectivity index (χ1) is 9.33. The Morgan fingerprint density at radius 1 is 1.42 bits per heavy atom. The van der Waals surface area contributed by atoms with Crippen LogP contribution < -0.4 is 9.64 Å². The van der Waals surface area contributed by atoms with Gasteiger partial charge in [-0.3, -0.25) is 0 Å². The van der Waals surface area contributed by atoms with Crippen LogP contribution in [0.2, 0.25) is 0 Å². The Labute approximate surface area is 115 Å². The van der Waals surface area contributed by atoms with E-state index in [1.807, 2.05) is 12.1 Å². The van der Waals surface area contributed by atoms with Gasteiger partial charge in [-0.15, -0.1) is 11.3 Å². The SMILES string of the molecule is COc1ccc(N2CCOCC2)c2sc(C#N)nc12. The van der Waals surface area contributed by atoms with Crippen LogP contribution in [0.1, 0.15) is 5.01 Å². The lowest BCUT2D eigenvalue weighted by molar-refractivity contribution is 0.123. The number of thiazole rings is 1. The molecule has 0 bridgehead atoms. The minimum absolute atomic E-state index is 0.467. The molecule has 19 heavy (non-hydrogen) atoms. The van der Waals surface area contributed by atoms with E-state index in [9.17, 15) is 0 Å². The molecule has 0 atom stereocenters. The second kappa shape index (κ2) is 5.03. The van der Waals surface area contributed by atoms with Crippen molar-refractivity contribution in [1.82, 2.24) is 4.98 Å². The summed E-state index contributed by atoms with van der Waals surface area (Å²) in [6.07, 6.45) is 0. The van der Waals surface area contributed by atoms with Crippen LogP contribution in [0, 0.1) is 11.3 Å². The van der Waals surface area contributed by atoms with Gasteiger partial charge in [0.25, 0.3) is 0 Å². The Bertz CT molecular complexity index is 641. The van der Waals surface area contributed by atoms with Crippen LogP contribution in [0.3, 0.4) is 0 Å². The molecule has 1 fully saturated rings. The predicted molar refractivity (Wildman–Crippen MR) is 73.9 cm³/mol. The fourth-order valence-corrected chi connectivity index (χ4v) is 3.16. The molecule has 1 aliphatic heterocycles. The van der Waals surface area contributed by atoms with E-state index in [1.54, 1.807) is 7.11 Å². The highest BCUT2D eigenvalue weighted by molar-refractivity contribution is 7.19. The average Bonchev–Trinajstić information content (AvgIpc) is 2.91. The topological polar surface area (TPSA) is 58.4 Å².